The van der Waals surface area contributed by atoms with Crippen molar-refractivity contribution in [1.82, 2.24) is 15.3 Å². The Hall–Kier alpha value is -3.36. The van der Waals surface area contributed by atoms with E-state index < -0.39 is 0 Å². The second-order valence-electron chi connectivity index (χ2n) is 8.40. The van der Waals surface area contributed by atoms with Crippen LogP contribution in [0.3, 0.4) is 0 Å². The van der Waals surface area contributed by atoms with Crippen molar-refractivity contribution in [2.75, 3.05) is 36.1 Å². The first-order valence-electron chi connectivity index (χ1n) is 11.2. The third-order valence-corrected chi connectivity index (χ3v) is 6.25. The van der Waals surface area contributed by atoms with E-state index in [0.717, 1.165) is 18.7 Å². The second kappa shape index (κ2) is 10.3. The van der Waals surface area contributed by atoms with Gasteiger partial charge >= 0.3 is 6.03 Å². The van der Waals surface area contributed by atoms with Crippen LogP contribution in [0.5, 0.6) is 0 Å². The van der Waals surface area contributed by atoms with Gasteiger partial charge in [-0.25, -0.2) is 14.8 Å². The lowest BCUT2D eigenvalue weighted by molar-refractivity contribution is 0.215. The van der Waals surface area contributed by atoms with Crippen LogP contribution >= 0.6 is 0 Å². The highest BCUT2D eigenvalue weighted by Gasteiger charge is 2.27. The number of nitrogens with two attached hydrogens (primary N) is 1. The van der Waals surface area contributed by atoms with E-state index in [1.807, 2.05) is 12.1 Å². The molecule has 0 spiro atoms. The van der Waals surface area contributed by atoms with Gasteiger partial charge in [-0.3, -0.25) is 0 Å². The minimum atomic E-state index is -0.203. The zero-order valence-electron chi connectivity index (χ0n) is 18.5. The Labute approximate surface area is 188 Å². The molecule has 2 aliphatic rings. The van der Waals surface area contributed by atoms with E-state index in [1.165, 1.54) is 57.3 Å². The Kier molecular flexibility index (Phi) is 7.03. The highest BCUT2D eigenvalue weighted by atomic mass is 16.6. The lowest BCUT2D eigenvalue weighted by Crippen LogP contribution is -2.40. The predicted molar refractivity (Wildman–Crippen MR) is 126 cm³/mol. The van der Waals surface area contributed by atoms with Gasteiger partial charge in [-0.05, 0) is 42.9 Å². The monoisotopic (exact) mass is 437 g/mol. The van der Waals surface area contributed by atoms with Crippen molar-refractivity contribution in [2.45, 2.75) is 50.5 Å². The molecule has 1 atom stereocenters. The number of hydrogen-bond acceptors (Lipinski definition) is 7. The third-order valence-electron chi connectivity index (χ3n) is 6.25. The van der Waals surface area contributed by atoms with E-state index in [9.17, 15) is 4.79 Å². The minimum Gasteiger partial charge on any atom is -0.399 e. The Morgan fingerprint density at radius 1 is 1.19 bits per heavy atom. The third kappa shape index (κ3) is 5.27. The molecule has 1 aliphatic carbocycles. The fourth-order valence-corrected chi connectivity index (χ4v) is 4.58. The summed E-state index contributed by atoms with van der Waals surface area (Å²) in [6.45, 7) is 1.36. The standard InChI is InChI=1S/C23H31N7O2/c1-32-27-13-20-21(24)25-15-26-22(20)30-12-11-19(14-30)29-23(31)28-18-9-7-17(8-10-18)16-5-3-2-4-6-16/h7-10,13,15-16,19H,2-6,11-12,14H2,1H3,(H2,24,25,26)(H2,28,29,31). The number of carbonyl (C=O) groups is 1. The summed E-state index contributed by atoms with van der Waals surface area (Å²) in [5.74, 6) is 1.67. The van der Waals surface area contributed by atoms with E-state index in [0.29, 0.717) is 29.7 Å². The molecule has 1 unspecified atom stereocenters. The van der Waals surface area contributed by atoms with Crippen molar-refractivity contribution in [2.24, 2.45) is 5.16 Å². The summed E-state index contributed by atoms with van der Waals surface area (Å²) in [6, 6.07) is 8.08. The summed E-state index contributed by atoms with van der Waals surface area (Å²) >= 11 is 0. The van der Waals surface area contributed by atoms with Gasteiger partial charge in [0, 0.05) is 24.8 Å². The van der Waals surface area contributed by atoms with Gasteiger partial charge < -0.3 is 26.1 Å². The molecular weight excluding hydrogens is 406 g/mol. The van der Waals surface area contributed by atoms with E-state index in [-0.39, 0.29) is 12.1 Å². The minimum absolute atomic E-state index is 0.0000780. The fourth-order valence-electron chi connectivity index (χ4n) is 4.58. The average Bonchev–Trinajstić information content (AvgIpc) is 3.27. The van der Waals surface area contributed by atoms with Gasteiger partial charge in [0.2, 0.25) is 0 Å². The van der Waals surface area contributed by atoms with Gasteiger partial charge in [-0.1, -0.05) is 36.6 Å². The molecular formula is C23H31N7O2. The highest BCUT2D eigenvalue weighted by molar-refractivity contribution is 5.92. The smallest absolute Gasteiger partial charge is 0.319 e. The SMILES string of the molecule is CON=Cc1c(N)ncnc1N1CCC(NC(=O)Nc2ccc(C3CCCCC3)cc2)C1. The molecule has 4 N–H and O–H groups in total. The van der Waals surface area contributed by atoms with Crippen molar-refractivity contribution in [3.05, 3.63) is 41.7 Å². The molecule has 2 heterocycles. The van der Waals surface area contributed by atoms with Gasteiger partial charge in [0.15, 0.2) is 0 Å². The van der Waals surface area contributed by atoms with Crippen LogP contribution < -0.4 is 21.3 Å². The first-order valence-corrected chi connectivity index (χ1v) is 11.2. The Balaban J connectivity index is 1.32. The van der Waals surface area contributed by atoms with Crippen molar-refractivity contribution in [3.63, 3.8) is 0 Å². The zero-order valence-corrected chi connectivity index (χ0v) is 18.5. The summed E-state index contributed by atoms with van der Waals surface area (Å²) in [5, 5.41) is 9.80. The maximum Gasteiger partial charge on any atom is 0.319 e. The van der Waals surface area contributed by atoms with Crippen LogP contribution in [0.25, 0.3) is 0 Å². The number of nitrogens with one attached hydrogen (secondary N) is 2. The van der Waals surface area contributed by atoms with Crippen LogP contribution in [0, 0.1) is 0 Å². The molecule has 32 heavy (non-hydrogen) atoms. The van der Waals surface area contributed by atoms with Gasteiger partial charge in [0.1, 0.15) is 25.1 Å². The van der Waals surface area contributed by atoms with Crippen LogP contribution in [0.1, 0.15) is 55.6 Å². The van der Waals surface area contributed by atoms with Gasteiger partial charge in [0.05, 0.1) is 11.8 Å². The normalized spacial score (nSPS) is 19.3. The summed E-state index contributed by atoms with van der Waals surface area (Å²) in [5.41, 5.74) is 8.77. The zero-order chi connectivity index (χ0) is 22.3. The molecule has 2 fully saturated rings. The van der Waals surface area contributed by atoms with Crippen molar-refractivity contribution in [3.8, 4) is 0 Å². The number of anilines is 3. The lowest BCUT2D eigenvalue weighted by Gasteiger charge is -2.22. The topological polar surface area (TPSA) is 118 Å². The molecule has 170 valence electrons. The van der Waals surface area contributed by atoms with E-state index >= 15 is 0 Å². The molecule has 9 heteroatoms. The van der Waals surface area contributed by atoms with Crippen molar-refractivity contribution >= 4 is 29.6 Å². The van der Waals surface area contributed by atoms with E-state index in [2.05, 4.69) is 42.8 Å². The molecule has 2 aromatic rings. The van der Waals surface area contributed by atoms with Crippen LogP contribution in [-0.4, -0.2) is 48.5 Å². The first-order chi connectivity index (χ1) is 15.6. The molecule has 1 aliphatic heterocycles. The summed E-state index contributed by atoms with van der Waals surface area (Å²) in [6.07, 6.45) is 10.3. The Morgan fingerprint density at radius 3 is 2.72 bits per heavy atom. The van der Waals surface area contributed by atoms with E-state index in [1.54, 1.807) is 0 Å². The summed E-state index contributed by atoms with van der Waals surface area (Å²) in [4.78, 5) is 27.8. The average molecular weight is 438 g/mol. The van der Waals surface area contributed by atoms with Crippen LogP contribution in [0.2, 0.25) is 0 Å². The number of carbonyl (C=O) groups excluding carboxylic acids is 1. The molecule has 4 rings (SSSR count). The molecule has 1 saturated carbocycles. The van der Waals surface area contributed by atoms with Crippen molar-refractivity contribution in [1.29, 1.82) is 0 Å². The van der Waals surface area contributed by atoms with Crippen LogP contribution in [-0.2, 0) is 4.84 Å². The number of aromatic nitrogens is 2. The lowest BCUT2D eigenvalue weighted by atomic mass is 9.84. The van der Waals surface area contributed by atoms with Gasteiger partial charge in [0.25, 0.3) is 0 Å². The number of nitrogen functional groups attached to an aromatic ring is 1. The maximum atomic E-state index is 12.5. The highest BCUT2D eigenvalue weighted by Crippen LogP contribution is 2.33. The van der Waals surface area contributed by atoms with Gasteiger partial charge in [-0.15, -0.1) is 0 Å². The number of benzene rings is 1. The number of nitrogens with zero attached hydrogens (tertiary/aromatic N) is 4. The quantitative estimate of drug-likeness (QED) is 0.470. The largest absolute Gasteiger partial charge is 0.399 e. The fraction of sp³-hybridized carbons (Fsp3) is 0.478. The molecule has 9 nitrogen and oxygen atoms in total. The maximum absolute atomic E-state index is 12.5. The number of amides is 2. The van der Waals surface area contributed by atoms with E-state index in [4.69, 9.17) is 10.6 Å². The van der Waals surface area contributed by atoms with Crippen LogP contribution in [0.4, 0.5) is 22.1 Å². The Bertz CT molecular complexity index is 942. The summed E-state index contributed by atoms with van der Waals surface area (Å²) in [7, 11) is 1.47. The molecule has 2 amide bonds. The molecule has 0 bridgehead atoms. The number of urea groups is 1. The van der Waals surface area contributed by atoms with Crippen molar-refractivity contribution < 1.29 is 9.63 Å². The van der Waals surface area contributed by atoms with Crippen LogP contribution in [0.15, 0.2) is 35.7 Å². The molecule has 1 saturated heterocycles. The molecule has 0 radical (unpaired) electrons. The number of oxime groups is 1. The first kappa shape index (κ1) is 21.9. The Morgan fingerprint density at radius 2 is 1.97 bits per heavy atom. The number of hydrogen-bond donors (Lipinski definition) is 3. The van der Waals surface area contributed by atoms with Gasteiger partial charge in [-0.2, -0.15) is 0 Å². The second-order valence-corrected chi connectivity index (χ2v) is 8.40. The molecule has 1 aromatic carbocycles. The molecule has 1 aromatic heterocycles. The summed E-state index contributed by atoms with van der Waals surface area (Å²) < 4.78 is 0. The predicted octanol–water partition coefficient (Wildman–Crippen LogP) is 3.49. The number of rotatable bonds is 6.